The number of aromatic nitrogens is 1. The molecule has 5 N–H and O–H groups in total. The Kier molecular flexibility index (Phi) is 9.57. The SMILES string of the molecule is Cc1ccc(S(=O)(=O)Nc2ccc(NNC=O)cc2)c(C)c1NC(=O)C[n+]1cccc(C(=O)N(C)CCO)c1. The number of carbonyl (C=O) groups excluding carboxylic acids is 3. The van der Waals surface area contributed by atoms with E-state index in [2.05, 4.69) is 20.9 Å². The molecule has 0 aliphatic rings. The summed E-state index contributed by atoms with van der Waals surface area (Å²) < 4.78 is 30.4. The fourth-order valence-corrected chi connectivity index (χ4v) is 5.13. The summed E-state index contributed by atoms with van der Waals surface area (Å²) in [5.74, 6) is -0.700. The van der Waals surface area contributed by atoms with Gasteiger partial charge in [0.25, 0.3) is 21.8 Å². The topological polar surface area (TPSA) is 161 Å². The molecule has 0 atom stereocenters. The maximum absolute atomic E-state index is 13.2. The van der Waals surface area contributed by atoms with Crippen molar-refractivity contribution in [1.82, 2.24) is 10.3 Å². The fraction of sp³-hybridized carbons (Fsp3) is 0.231. The monoisotopic (exact) mass is 555 g/mol. The Bertz CT molecular complexity index is 1460. The number of benzene rings is 2. The molecular formula is C26H31N6O6S+. The lowest BCUT2D eigenvalue weighted by Crippen LogP contribution is -2.41. The smallest absolute Gasteiger partial charge is 0.290 e. The van der Waals surface area contributed by atoms with E-state index in [1.165, 1.54) is 29.3 Å². The van der Waals surface area contributed by atoms with Gasteiger partial charge in [0.05, 0.1) is 17.2 Å². The maximum atomic E-state index is 13.2. The summed E-state index contributed by atoms with van der Waals surface area (Å²) in [4.78, 5) is 37.2. The average Bonchev–Trinajstić information content (AvgIpc) is 2.90. The van der Waals surface area contributed by atoms with Crippen LogP contribution in [0.3, 0.4) is 0 Å². The number of anilines is 3. The zero-order valence-corrected chi connectivity index (χ0v) is 22.6. The van der Waals surface area contributed by atoms with Crippen molar-refractivity contribution in [3.8, 4) is 0 Å². The summed E-state index contributed by atoms with van der Waals surface area (Å²) in [5.41, 5.74) is 7.57. The predicted molar refractivity (Wildman–Crippen MR) is 145 cm³/mol. The summed E-state index contributed by atoms with van der Waals surface area (Å²) in [6.45, 7) is 3.28. The number of rotatable bonds is 12. The van der Waals surface area contributed by atoms with Gasteiger partial charge in [0.15, 0.2) is 12.4 Å². The van der Waals surface area contributed by atoms with Crippen molar-refractivity contribution in [1.29, 1.82) is 0 Å². The maximum Gasteiger partial charge on any atom is 0.290 e. The van der Waals surface area contributed by atoms with Gasteiger partial charge in [0.2, 0.25) is 13.0 Å². The highest BCUT2D eigenvalue weighted by Gasteiger charge is 2.22. The van der Waals surface area contributed by atoms with Crippen LogP contribution in [0.25, 0.3) is 0 Å². The number of hydrazine groups is 1. The van der Waals surface area contributed by atoms with Crippen LogP contribution in [0.15, 0.2) is 65.8 Å². The highest BCUT2D eigenvalue weighted by molar-refractivity contribution is 7.92. The molecule has 3 amide bonds. The Balaban J connectivity index is 1.76. The predicted octanol–water partition coefficient (Wildman–Crippen LogP) is 1.17. The van der Waals surface area contributed by atoms with Crippen LogP contribution < -0.4 is 25.5 Å². The molecule has 0 radical (unpaired) electrons. The molecule has 3 aromatic rings. The Morgan fingerprint density at radius 3 is 2.41 bits per heavy atom. The first-order chi connectivity index (χ1) is 18.6. The highest BCUT2D eigenvalue weighted by Crippen LogP contribution is 2.28. The Morgan fingerprint density at radius 1 is 1.05 bits per heavy atom. The van der Waals surface area contributed by atoms with E-state index < -0.39 is 15.9 Å². The van der Waals surface area contributed by atoms with Crippen molar-refractivity contribution in [2.75, 3.05) is 35.7 Å². The second-order valence-electron chi connectivity index (χ2n) is 8.71. The van der Waals surface area contributed by atoms with Crippen LogP contribution in [-0.4, -0.2) is 56.8 Å². The zero-order valence-electron chi connectivity index (χ0n) is 21.8. The van der Waals surface area contributed by atoms with Crippen molar-refractivity contribution in [3.63, 3.8) is 0 Å². The number of hydrogen-bond donors (Lipinski definition) is 5. The number of likely N-dealkylation sites (N-methyl/N-ethyl adjacent to an activating group) is 1. The number of hydrogen-bond acceptors (Lipinski definition) is 7. The third kappa shape index (κ3) is 7.52. The minimum Gasteiger partial charge on any atom is -0.395 e. The normalized spacial score (nSPS) is 10.9. The van der Waals surface area contributed by atoms with Gasteiger partial charge in [-0.05, 0) is 61.4 Å². The molecule has 0 aliphatic carbocycles. The van der Waals surface area contributed by atoms with Gasteiger partial charge < -0.3 is 15.3 Å². The number of aryl methyl sites for hydroxylation is 1. The quantitative estimate of drug-likeness (QED) is 0.127. The van der Waals surface area contributed by atoms with Gasteiger partial charge >= 0.3 is 0 Å². The molecule has 1 aromatic heterocycles. The fourth-order valence-electron chi connectivity index (χ4n) is 3.82. The van der Waals surface area contributed by atoms with Crippen LogP contribution in [0.5, 0.6) is 0 Å². The standard InChI is InChI=1S/C26H30N6O6S/c1-18-6-11-23(39(37,38)30-22-9-7-21(8-10-22)29-27-17-34)19(2)25(18)28-24(35)16-32-12-4-5-20(15-32)26(36)31(3)13-14-33/h4-12,15,17,29-30,33H,13-14,16H2,1-3H3,(H-,27,28,34,35)/p+1. The minimum atomic E-state index is -3.99. The van der Waals surface area contributed by atoms with E-state index in [4.69, 9.17) is 5.11 Å². The van der Waals surface area contributed by atoms with E-state index in [1.807, 2.05) is 0 Å². The molecule has 1 heterocycles. The number of nitrogens with zero attached hydrogens (tertiary/aromatic N) is 2. The molecule has 12 nitrogen and oxygen atoms in total. The van der Waals surface area contributed by atoms with Gasteiger partial charge in [-0.15, -0.1) is 0 Å². The number of amides is 3. The van der Waals surface area contributed by atoms with Gasteiger partial charge in [-0.25, -0.2) is 8.42 Å². The van der Waals surface area contributed by atoms with Crippen LogP contribution in [0.4, 0.5) is 17.1 Å². The third-order valence-corrected chi connectivity index (χ3v) is 7.33. The number of sulfonamides is 1. The molecular weight excluding hydrogens is 524 g/mol. The molecule has 3 rings (SSSR count). The lowest BCUT2D eigenvalue weighted by molar-refractivity contribution is -0.684. The number of nitrogens with one attached hydrogen (secondary N) is 4. The van der Waals surface area contributed by atoms with E-state index in [-0.39, 0.29) is 30.5 Å². The molecule has 206 valence electrons. The number of aliphatic hydroxyl groups excluding tert-OH is 1. The van der Waals surface area contributed by atoms with Crippen molar-refractivity contribution in [3.05, 3.63) is 77.6 Å². The van der Waals surface area contributed by atoms with Crippen molar-refractivity contribution < 1.29 is 32.5 Å². The van der Waals surface area contributed by atoms with Crippen LogP contribution in [0.2, 0.25) is 0 Å². The number of carbonyl (C=O) groups is 3. The molecule has 0 saturated carbocycles. The lowest BCUT2D eigenvalue weighted by atomic mass is 10.1. The second kappa shape index (κ2) is 12.8. The van der Waals surface area contributed by atoms with Crippen LogP contribution in [-0.2, 0) is 26.2 Å². The third-order valence-electron chi connectivity index (χ3n) is 5.80. The van der Waals surface area contributed by atoms with Crippen molar-refractivity contribution in [2.24, 2.45) is 0 Å². The Hall–Kier alpha value is -4.49. The van der Waals surface area contributed by atoms with E-state index in [0.29, 0.717) is 40.2 Å². The number of aliphatic hydroxyl groups is 1. The van der Waals surface area contributed by atoms with Crippen LogP contribution in [0.1, 0.15) is 21.5 Å². The first-order valence-corrected chi connectivity index (χ1v) is 13.4. The van der Waals surface area contributed by atoms with Gasteiger partial charge in [-0.1, -0.05) is 6.07 Å². The summed E-state index contributed by atoms with van der Waals surface area (Å²) in [5, 5.41) is 11.9. The van der Waals surface area contributed by atoms with E-state index in [0.717, 1.165) is 0 Å². The Labute approximate surface area is 226 Å². The van der Waals surface area contributed by atoms with E-state index in [1.54, 1.807) is 62.0 Å². The van der Waals surface area contributed by atoms with E-state index in [9.17, 15) is 22.8 Å². The molecule has 39 heavy (non-hydrogen) atoms. The minimum absolute atomic E-state index is 0.000362. The van der Waals surface area contributed by atoms with Gasteiger partial charge in [-0.3, -0.25) is 30.0 Å². The van der Waals surface area contributed by atoms with Gasteiger partial charge in [0, 0.05) is 31.0 Å². The highest BCUT2D eigenvalue weighted by atomic mass is 32.2. The first kappa shape index (κ1) is 29.1. The zero-order chi connectivity index (χ0) is 28.6. The molecule has 0 aliphatic heterocycles. The molecule has 0 spiro atoms. The Morgan fingerprint density at radius 2 is 1.74 bits per heavy atom. The molecule has 2 aromatic carbocycles. The van der Waals surface area contributed by atoms with Crippen molar-refractivity contribution in [2.45, 2.75) is 25.3 Å². The summed E-state index contributed by atoms with van der Waals surface area (Å²) >= 11 is 0. The molecule has 0 saturated heterocycles. The van der Waals surface area contributed by atoms with Gasteiger partial charge in [-0.2, -0.15) is 4.57 Å². The average molecular weight is 556 g/mol. The molecule has 0 fully saturated rings. The molecule has 0 unspecified atom stereocenters. The largest absolute Gasteiger partial charge is 0.395 e. The van der Waals surface area contributed by atoms with Crippen LogP contribution in [0, 0.1) is 13.8 Å². The number of pyridine rings is 1. The van der Waals surface area contributed by atoms with Gasteiger partial charge in [0.1, 0.15) is 5.56 Å². The van der Waals surface area contributed by atoms with Crippen LogP contribution >= 0.6 is 0 Å². The summed E-state index contributed by atoms with van der Waals surface area (Å²) in [6.07, 6.45) is 3.66. The second-order valence-corrected chi connectivity index (χ2v) is 10.4. The van der Waals surface area contributed by atoms with E-state index >= 15 is 0 Å². The molecule has 0 bridgehead atoms. The summed E-state index contributed by atoms with van der Waals surface area (Å²) in [6, 6.07) is 12.6. The summed E-state index contributed by atoms with van der Waals surface area (Å²) in [7, 11) is -2.42. The first-order valence-electron chi connectivity index (χ1n) is 11.9. The molecule has 13 heteroatoms. The lowest BCUT2D eigenvalue weighted by Gasteiger charge is -2.16. The van der Waals surface area contributed by atoms with Crippen molar-refractivity contribution >= 4 is 45.3 Å².